The molecule has 0 fully saturated rings. The summed E-state index contributed by atoms with van der Waals surface area (Å²) in [7, 11) is 0. The number of H-pyrrole nitrogens is 1. The molecule has 1 aromatic heterocycles. The summed E-state index contributed by atoms with van der Waals surface area (Å²) >= 11 is 0. The summed E-state index contributed by atoms with van der Waals surface area (Å²) in [6, 6.07) is 7.45. The molecular weight excluding hydrogens is 356 g/mol. The Hall–Kier alpha value is -2.60. The predicted molar refractivity (Wildman–Crippen MR) is 111 cm³/mol. The molecule has 0 aliphatic heterocycles. The number of carboxylic acids is 2. The number of rotatable bonds is 7. The van der Waals surface area contributed by atoms with Gasteiger partial charge in [0.2, 0.25) is 0 Å². The standard InChI is InChI=1S/C18H26N2.C4H4O4/c1-3-10-20(11-4-2)16-9-8-15-13-19-17-7-5-6-14(12-16)18(15)17;5-3(6)1-2-4(7)8/h5-7,13,16,19H,3-4,8-12H2,1-2H3;1-2H,(H,5,6)(H,7,8)/b;2-1-. The zero-order chi connectivity index (χ0) is 20.5. The van der Waals surface area contributed by atoms with E-state index in [1.807, 2.05) is 0 Å². The first-order valence-electron chi connectivity index (χ1n) is 9.92. The first-order valence-corrected chi connectivity index (χ1v) is 9.92. The summed E-state index contributed by atoms with van der Waals surface area (Å²) in [5.41, 5.74) is 4.38. The monoisotopic (exact) mass is 386 g/mol. The highest BCUT2D eigenvalue weighted by molar-refractivity contribution is 5.89. The molecule has 6 nitrogen and oxygen atoms in total. The van der Waals surface area contributed by atoms with Crippen LogP contribution in [-0.2, 0) is 22.4 Å². The van der Waals surface area contributed by atoms with E-state index in [0.29, 0.717) is 18.2 Å². The molecule has 1 unspecified atom stereocenters. The Morgan fingerprint density at radius 3 is 2.32 bits per heavy atom. The van der Waals surface area contributed by atoms with E-state index in [-0.39, 0.29) is 0 Å². The maximum Gasteiger partial charge on any atom is 0.328 e. The smallest absolute Gasteiger partial charge is 0.328 e. The van der Waals surface area contributed by atoms with E-state index in [2.05, 4.69) is 48.1 Å². The maximum atomic E-state index is 9.55. The summed E-state index contributed by atoms with van der Waals surface area (Å²) < 4.78 is 0. The van der Waals surface area contributed by atoms with Gasteiger partial charge in [-0.15, -0.1) is 0 Å². The third-order valence-electron chi connectivity index (χ3n) is 4.98. The first-order chi connectivity index (χ1) is 13.5. The number of nitrogens with zero attached hydrogens (tertiary/aromatic N) is 1. The number of hydrogen-bond donors (Lipinski definition) is 3. The minimum Gasteiger partial charge on any atom is -0.478 e. The van der Waals surface area contributed by atoms with Crippen LogP contribution >= 0.6 is 0 Å². The van der Waals surface area contributed by atoms with Crippen molar-refractivity contribution in [2.45, 2.75) is 52.0 Å². The van der Waals surface area contributed by atoms with E-state index in [1.54, 1.807) is 5.56 Å². The van der Waals surface area contributed by atoms with E-state index >= 15 is 0 Å². The fourth-order valence-corrected chi connectivity index (χ4v) is 3.89. The molecule has 0 saturated carbocycles. The van der Waals surface area contributed by atoms with E-state index in [1.165, 1.54) is 61.7 Å². The van der Waals surface area contributed by atoms with Gasteiger partial charge in [0.15, 0.2) is 0 Å². The Balaban J connectivity index is 0.000000300. The lowest BCUT2D eigenvalue weighted by atomic mass is 10.0. The van der Waals surface area contributed by atoms with E-state index < -0.39 is 11.9 Å². The van der Waals surface area contributed by atoms with Gasteiger partial charge in [-0.2, -0.15) is 0 Å². The van der Waals surface area contributed by atoms with Crippen molar-refractivity contribution >= 4 is 22.8 Å². The van der Waals surface area contributed by atoms with Crippen molar-refractivity contribution in [1.29, 1.82) is 0 Å². The molecule has 3 N–H and O–H groups in total. The van der Waals surface area contributed by atoms with Crippen LogP contribution in [-0.4, -0.2) is 51.2 Å². The second-order valence-electron chi connectivity index (χ2n) is 7.10. The zero-order valence-electron chi connectivity index (χ0n) is 16.6. The van der Waals surface area contributed by atoms with Crippen molar-refractivity contribution in [3.8, 4) is 0 Å². The first kappa shape index (κ1) is 21.7. The van der Waals surface area contributed by atoms with Gasteiger partial charge in [0.25, 0.3) is 0 Å². The van der Waals surface area contributed by atoms with Crippen LogP contribution in [0.3, 0.4) is 0 Å². The van der Waals surface area contributed by atoms with Gasteiger partial charge in [0, 0.05) is 35.3 Å². The van der Waals surface area contributed by atoms with E-state index in [0.717, 1.165) is 0 Å². The number of nitrogens with one attached hydrogen (secondary N) is 1. The molecule has 0 bridgehead atoms. The molecule has 1 aliphatic rings. The summed E-state index contributed by atoms with van der Waals surface area (Å²) in [5, 5.41) is 17.1. The van der Waals surface area contributed by atoms with E-state index in [9.17, 15) is 9.59 Å². The molecule has 1 heterocycles. The normalized spacial score (nSPS) is 16.0. The number of aliphatic carboxylic acids is 2. The Kier molecular flexibility index (Phi) is 8.26. The van der Waals surface area contributed by atoms with Gasteiger partial charge in [-0.05, 0) is 62.4 Å². The molecule has 0 amide bonds. The van der Waals surface area contributed by atoms with Gasteiger partial charge in [0.1, 0.15) is 0 Å². The Morgan fingerprint density at radius 2 is 1.75 bits per heavy atom. The van der Waals surface area contributed by atoms with Crippen LogP contribution < -0.4 is 0 Å². The summed E-state index contributed by atoms with van der Waals surface area (Å²) in [4.78, 5) is 25.3. The Bertz CT molecular complexity index is 803. The van der Waals surface area contributed by atoms with Crippen LogP contribution in [0.2, 0.25) is 0 Å². The number of carboxylic acid groups (broad SMARTS) is 2. The second-order valence-corrected chi connectivity index (χ2v) is 7.10. The molecule has 1 aromatic carbocycles. The topological polar surface area (TPSA) is 93.6 Å². The molecular formula is C22H30N2O4. The average molecular weight is 386 g/mol. The highest BCUT2D eigenvalue weighted by atomic mass is 16.4. The highest BCUT2D eigenvalue weighted by Gasteiger charge is 2.23. The number of benzene rings is 1. The van der Waals surface area contributed by atoms with Gasteiger partial charge < -0.3 is 20.1 Å². The van der Waals surface area contributed by atoms with Crippen LogP contribution in [0.1, 0.15) is 44.2 Å². The van der Waals surface area contributed by atoms with Crippen molar-refractivity contribution in [2.24, 2.45) is 0 Å². The fraction of sp³-hybridized carbons (Fsp3) is 0.455. The van der Waals surface area contributed by atoms with Crippen molar-refractivity contribution < 1.29 is 19.8 Å². The fourth-order valence-electron chi connectivity index (χ4n) is 3.89. The lowest BCUT2D eigenvalue weighted by Gasteiger charge is -2.30. The van der Waals surface area contributed by atoms with Gasteiger partial charge in [0.05, 0.1) is 0 Å². The van der Waals surface area contributed by atoms with Crippen molar-refractivity contribution in [1.82, 2.24) is 9.88 Å². The molecule has 1 atom stereocenters. The number of hydrogen-bond acceptors (Lipinski definition) is 3. The van der Waals surface area contributed by atoms with Crippen molar-refractivity contribution in [2.75, 3.05) is 13.1 Å². The third-order valence-corrected chi connectivity index (χ3v) is 4.98. The summed E-state index contributed by atoms with van der Waals surface area (Å²) in [6.07, 6.45) is 9.57. The van der Waals surface area contributed by atoms with Gasteiger partial charge in [-0.3, -0.25) is 0 Å². The quantitative estimate of drug-likeness (QED) is 0.628. The summed E-state index contributed by atoms with van der Waals surface area (Å²) in [5.74, 6) is -2.51. The maximum absolute atomic E-state index is 9.55. The molecule has 0 saturated heterocycles. The zero-order valence-corrected chi connectivity index (χ0v) is 16.6. The molecule has 2 aromatic rings. The number of aromatic amines is 1. The molecule has 0 spiro atoms. The van der Waals surface area contributed by atoms with Crippen molar-refractivity contribution in [3.05, 3.63) is 47.7 Å². The van der Waals surface area contributed by atoms with Gasteiger partial charge in [-0.1, -0.05) is 26.0 Å². The third kappa shape index (κ3) is 5.96. The number of aryl methyl sites for hydroxylation is 1. The Morgan fingerprint density at radius 1 is 1.11 bits per heavy atom. The minimum absolute atomic E-state index is 0.558. The lowest BCUT2D eigenvalue weighted by molar-refractivity contribution is -0.134. The van der Waals surface area contributed by atoms with Crippen molar-refractivity contribution in [3.63, 3.8) is 0 Å². The predicted octanol–water partition coefficient (Wildman–Crippen LogP) is 3.86. The second kappa shape index (κ2) is 10.7. The van der Waals surface area contributed by atoms with Crippen LogP contribution in [0.25, 0.3) is 10.9 Å². The van der Waals surface area contributed by atoms with Gasteiger partial charge in [-0.25, -0.2) is 9.59 Å². The Labute approximate surface area is 165 Å². The van der Waals surface area contributed by atoms with Crippen LogP contribution in [0, 0.1) is 0 Å². The average Bonchev–Trinajstić information content (AvgIpc) is 2.98. The SMILES string of the molecule is CCCN(CCC)C1CCc2c[nH]c3cccc(c23)C1.O=C(O)/C=C\C(=O)O. The molecule has 3 rings (SSSR count). The van der Waals surface area contributed by atoms with Gasteiger partial charge >= 0.3 is 11.9 Å². The number of carbonyl (C=O) groups is 2. The molecule has 152 valence electrons. The van der Waals surface area contributed by atoms with Crippen LogP contribution in [0.4, 0.5) is 0 Å². The summed E-state index contributed by atoms with van der Waals surface area (Å²) in [6.45, 7) is 7.07. The van der Waals surface area contributed by atoms with Crippen LogP contribution in [0.5, 0.6) is 0 Å². The lowest BCUT2D eigenvalue weighted by Crippen LogP contribution is -2.38. The highest BCUT2D eigenvalue weighted by Crippen LogP contribution is 2.30. The molecule has 0 radical (unpaired) electrons. The molecule has 28 heavy (non-hydrogen) atoms. The van der Waals surface area contributed by atoms with Crippen LogP contribution in [0.15, 0.2) is 36.5 Å². The minimum atomic E-state index is -1.26. The molecule has 1 aliphatic carbocycles. The largest absolute Gasteiger partial charge is 0.478 e. The van der Waals surface area contributed by atoms with E-state index in [4.69, 9.17) is 10.2 Å². The molecule has 6 heteroatoms. The number of aromatic nitrogens is 1.